The van der Waals surface area contributed by atoms with Crippen LogP contribution in [-0.4, -0.2) is 18.0 Å². The molecule has 19 heavy (non-hydrogen) atoms. The highest BCUT2D eigenvalue weighted by Crippen LogP contribution is 2.39. The molecule has 1 aromatic carbocycles. The van der Waals surface area contributed by atoms with E-state index in [9.17, 15) is 5.11 Å². The molecule has 0 radical (unpaired) electrons. The fourth-order valence-electron chi connectivity index (χ4n) is 2.08. The summed E-state index contributed by atoms with van der Waals surface area (Å²) in [7, 11) is 0. The van der Waals surface area contributed by atoms with Gasteiger partial charge in [0, 0.05) is 11.1 Å². The summed E-state index contributed by atoms with van der Waals surface area (Å²) in [6.07, 6.45) is 0.973. The topological polar surface area (TPSA) is 64.7 Å². The zero-order valence-corrected chi connectivity index (χ0v) is 12.0. The minimum absolute atomic E-state index is 0.195. The van der Waals surface area contributed by atoms with Crippen LogP contribution in [0.2, 0.25) is 5.02 Å². The van der Waals surface area contributed by atoms with Crippen LogP contribution in [0, 0.1) is 5.92 Å². The van der Waals surface area contributed by atoms with Gasteiger partial charge in [0.2, 0.25) is 6.79 Å². The number of hydrogen-bond acceptors (Lipinski definition) is 4. The molecule has 4 nitrogen and oxygen atoms in total. The van der Waals surface area contributed by atoms with E-state index in [1.54, 1.807) is 12.1 Å². The van der Waals surface area contributed by atoms with Gasteiger partial charge >= 0.3 is 0 Å². The molecule has 0 saturated heterocycles. The van der Waals surface area contributed by atoms with E-state index in [-0.39, 0.29) is 6.79 Å². The lowest BCUT2D eigenvalue weighted by Gasteiger charge is -2.21. The van der Waals surface area contributed by atoms with E-state index in [1.165, 1.54) is 0 Å². The van der Waals surface area contributed by atoms with Gasteiger partial charge in [0.25, 0.3) is 0 Å². The molecule has 2 atom stereocenters. The highest BCUT2D eigenvalue weighted by Gasteiger charge is 2.23. The normalized spacial score (nSPS) is 16.7. The molecule has 0 aliphatic carbocycles. The number of fused-ring (bicyclic) bond motifs is 1. The molecule has 1 heterocycles. The third-order valence-corrected chi connectivity index (χ3v) is 3.63. The number of aliphatic hydroxyl groups excluding tert-OH is 1. The van der Waals surface area contributed by atoms with Crippen molar-refractivity contribution in [1.29, 1.82) is 0 Å². The predicted molar refractivity (Wildman–Crippen MR) is 74.6 cm³/mol. The van der Waals surface area contributed by atoms with Crippen LogP contribution in [0.3, 0.4) is 0 Å². The van der Waals surface area contributed by atoms with Crippen LogP contribution >= 0.6 is 11.6 Å². The van der Waals surface area contributed by atoms with E-state index in [2.05, 4.69) is 13.8 Å². The monoisotopic (exact) mass is 285 g/mol. The van der Waals surface area contributed by atoms with Gasteiger partial charge in [-0.2, -0.15) is 0 Å². The van der Waals surface area contributed by atoms with Gasteiger partial charge in [0.05, 0.1) is 12.1 Å². The average molecular weight is 286 g/mol. The SMILES string of the molecule is CC(C)CC[C@@H](O)[C@@H](N)c1cc2c(cc1Cl)OCO2. The van der Waals surface area contributed by atoms with Gasteiger partial charge in [-0.3, -0.25) is 0 Å². The van der Waals surface area contributed by atoms with Crippen molar-refractivity contribution in [3.8, 4) is 11.5 Å². The summed E-state index contributed by atoms with van der Waals surface area (Å²) < 4.78 is 10.5. The molecular formula is C14H20ClNO3. The third-order valence-electron chi connectivity index (χ3n) is 3.31. The molecule has 3 N–H and O–H groups in total. The van der Waals surface area contributed by atoms with Gasteiger partial charge in [-0.1, -0.05) is 25.4 Å². The maximum Gasteiger partial charge on any atom is 0.231 e. The molecule has 0 unspecified atom stereocenters. The molecule has 0 aromatic heterocycles. The zero-order chi connectivity index (χ0) is 14.0. The Kier molecular flexibility index (Phi) is 4.55. The number of nitrogens with two attached hydrogens (primary N) is 1. The van der Waals surface area contributed by atoms with Gasteiger partial charge in [-0.05, 0) is 30.4 Å². The molecule has 5 heteroatoms. The van der Waals surface area contributed by atoms with Crippen LogP contribution in [0.1, 0.15) is 38.3 Å². The van der Waals surface area contributed by atoms with Gasteiger partial charge < -0.3 is 20.3 Å². The summed E-state index contributed by atoms with van der Waals surface area (Å²) in [6, 6.07) is 2.93. The summed E-state index contributed by atoms with van der Waals surface area (Å²) >= 11 is 6.18. The number of aliphatic hydroxyl groups is 1. The molecule has 0 bridgehead atoms. The Morgan fingerprint density at radius 1 is 1.26 bits per heavy atom. The average Bonchev–Trinajstić information content (AvgIpc) is 2.80. The standard InChI is InChI=1S/C14H20ClNO3/c1-8(2)3-4-11(17)14(16)9-5-12-13(6-10(9)15)19-7-18-12/h5-6,8,11,14,17H,3-4,7,16H2,1-2H3/t11-,14+/m1/s1. The molecule has 0 amide bonds. The zero-order valence-electron chi connectivity index (χ0n) is 11.2. The van der Waals surface area contributed by atoms with Crippen LogP contribution in [0.5, 0.6) is 11.5 Å². The first-order valence-electron chi connectivity index (χ1n) is 6.51. The molecule has 0 spiro atoms. The van der Waals surface area contributed by atoms with Crippen molar-refractivity contribution in [3.63, 3.8) is 0 Å². The van der Waals surface area contributed by atoms with E-state index in [1.807, 2.05) is 0 Å². The van der Waals surface area contributed by atoms with Crippen molar-refractivity contribution in [2.75, 3.05) is 6.79 Å². The Morgan fingerprint density at radius 2 is 1.89 bits per heavy atom. The Bertz CT molecular complexity index is 451. The first kappa shape index (κ1) is 14.4. The van der Waals surface area contributed by atoms with Crippen molar-refractivity contribution in [3.05, 3.63) is 22.7 Å². The number of hydrogen-bond donors (Lipinski definition) is 2. The number of rotatable bonds is 5. The molecular weight excluding hydrogens is 266 g/mol. The van der Waals surface area contributed by atoms with Gasteiger partial charge in [-0.25, -0.2) is 0 Å². The fraction of sp³-hybridized carbons (Fsp3) is 0.571. The van der Waals surface area contributed by atoms with Crippen LogP contribution < -0.4 is 15.2 Å². The number of halogens is 1. The maximum absolute atomic E-state index is 10.1. The van der Waals surface area contributed by atoms with Crippen LogP contribution in [0.4, 0.5) is 0 Å². The highest BCUT2D eigenvalue weighted by atomic mass is 35.5. The highest BCUT2D eigenvalue weighted by molar-refractivity contribution is 6.31. The summed E-state index contributed by atoms with van der Waals surface area (Å²) in [6.45, 7) is 4.43. The van der Waals surface area contributed by atoms with Crippen LogP contribution in [0.15, 0.2) is 12.1 Å². The Hall–Kier alpha value is -0.970. The lowest BCUT2D eigenvalue weighted by molar-refractivity contribution is 0.128. The maximum atomic E-state index is 10.1. The van der Waals surface area contributed by atoms with Crippen molar-refractivity contribution in [1.82, 2.24) is 0 Å². The second-order valence-electron chi connectivity index (χ2n) is 5.29. The van der Waals surface area contributed by atoms with Crippen molar-refractivity contribution in [2.24, 2.45) is 11.7 Å². The van der Waals surface area contributed by atoms with E-state index < -0.39 is 12.1 Å². The van der Waals surface area contributed by atoms with Gasteiger partial charge in [0.1, 0.15) is 0 Å². The molecule has 1 aliphatic rings. The molecule has 0 fully saturated rings. The lowest BCUT2D eigenvalue weighted by atomic mass is 9.95. The van der Waals surface area contributed by atoms with E-state index >= 15 is 0 Å². The van der Waals surface area contributed by atoms with Crippen LogP contribution in [0.25, 0.3) is 0 Å². The Labute approximate surface area is 118 Å². The molecule has 0 saturated carbocycles. The summed E-state index contributed by atoms with van der Waals surface area (Å²) in [4.78, 5) is 0. The van der Waals surface area contributed by atoms with Crippen LogP contribution in [-0.2, 0) is 0 Å². The second kappa shape index (κ2) is 5.99. The number of ether oxygens (including phenoxy) is 2. The lowest BCUT2D eigenvalue weighted by Crippen LogP contribution is -2.26. The number of benzene rings is 1. The van der Waals surface area contributed by atoms with E-state index in [0.717, 1.165) is 6.42 Å². The molecule has 1 aromatic rings. The summed E-state index contributed by atoms with van der Waals surface area (Å²) in [5.41, 5.74) is 6.79. The summed E-state index contributed by atoms with van der Waals surface area (Å²) in [5, 5.41) is 10.6. The molecule has 106 valence electrons. The first-order chi connectivity index (χ1) is 8.99. The van der Waals surface area contributed by atoms with Crippen molar-refractivity contribution >= 4 is 11.6 Å². The molecule has 1 aliphatic heterocycles. The van der Waals surface area contributed by atoms with Gasteiger partial charge in [-0.15, -0.1) is 0 Å². The minimum Gasteiger partial charge on any atom is -0.454 e. The summed E-state index contributed by atoms with van der Waals surface area (Å²) in [5.74, 6) is 1.79. The quantitative estimate of drug-likeness (QED) is 0.873. The smallest absolute Gasteiger partial charge is 0.231 e. The first-order valence-corrected chi connectivity index (χ1v) is 6.89. The van der Waals surface area contributed by atoms with Crippen molar-refractivity contribution < 1.29 is 14.6 Å². The van der Waals surface area contributed by atoms with E-state index in [0.29, 0.717) is 34.4 Å². The minimum atomic E-state index is -0.611. The van der Waals surface area contributed by atoms with Gasteiger partial charge in [0.15, 0.2) is 11.5 Å². The third kappa shape index (κ3) is 3.32. The second-order valence-corrected chi connectivity index (χ2v) is 5.70. The largest absolute Gasteiger partial charge is 0.454 e. The molecule has 2 rings (SSSR count). The Balaban J connectivity index is 2.12. The van der Waals surface area contributed by atoms with E-state index in [4.69, 9.17) is 26.8 Å². The van der Waals surface area contributed by atoms with Crippen molar-refractivity contribution in [2.45, 2.75) is 38.8 Å². The predicted octanol–water partition coefficient (Wildman–Crippen LogP) is 2.87. The fourth-order valence-corrected chi connectivity index (χ4v) is 2.36. The Morgan fingerprint density at radius 3 is 2.53 bits per heavy atom.